The van der Waals surface area contributed by atoms with Gasteiger partial charge in [0.05, 0.1) is 4.92 Å². The summed E-state index contributed by atoms with van der Waals surface area (Å²) in [5, 5.41) is 13.4. The Balaban J connectivity index is 2.21. The quantitative estimate of drug-likeness (QED) is 0.658. The van der Waals surface area contributed by atoms with Gasteiger partial charge in [-0.25, -0.2) is 4.79 Å². The van der Waals surface area contributed by atoms with E-state index >= 15 is 0 Å². The van der Waals surface area contributed by atoms with Gasteiger partial charge < -0.3 is 4.74 Å². The number of nitrogens with zero attached hydrogens (tertiary/aromatic N) is 1. The number of nitro benzene ring substituents is 1. The van der Waals surface area contributed by atoms with E-state index in [1.54, 1.807) is 12.1 Å². The fraction of sp³-hybridized carbons (Fsp3) is 0.235. The number of carbonyl (C=O) groups is 1. The second kappa shape index (κ2) is 6.91. The Morgan fingerprint density at radius 2 is 1.91 bits per heavy atom. The van der Waals surface area contributed by atoms with Crippen LogP contribution in [0.5, 0.6) is 5.75 Å². The highest BCUT2D eigenvalue weighted by atomic mass is 16.6. The number of amides is 1. The van der Waals surface area contributed by atoms with Gasteiger partial charge in [-0.05, 0) is 36.1 Å². The maximum Gasteiger partial charge on any atom is 0.417 e. The van der Waals surface area contributed by atoms with Crippen LogP contribution in [0.25, 0.3) is 0 Å². The fourth-order valence-electron chi connectivity index (χ4n) is 2.18. The number of hydrogen-bond acceptors (Lipinski definition) is 4. The lowest BCUT2D eigenvalue weighted by molar-refractivity contribution is -0.383. The van der Waals surface area contributed by atoms with Crippen molar-refractivity contribution in [2.45, 2.75) is 26.7 Å². The van der Waals surface area contributed by atoms with Gasteiger partial charge in [0.2, 0.25) is 0 Å². The summed E-state index contributed by atoms with van der Waals surface area (Å²) < 4.78 is 5.35. The van der Waals surface area contributed by atoms with E-state index in [0.29, 0.717) is 5.75 Å². The van der Waals surface area contributed by atoms with Gasteiger partial charge in [-0.2, -0.15) is 0 Å². The molecule has 0 fully saturated rings. The van der Waals surface area contributed by atoms with E-state index in [2.05, 4.69) is 5.32 Å². The Hall–Kier alpha value is -2.89. The van der Waals surface area contributed by atoms with Crippen LogP contribution in [0.4, 0.5) is 16.2 Å². The second-order valence-corrected chi connectivity index (χ2v) is 5.48. The molecule has 0 aliphatic carbocycles. The molecule has 2 aromatic rings. The largest absolute Gasteiger partial charge is 0.417 e. The fourth-order valence-corrected chi connectivity index (χ4v) is 2.18. The van der Waals surface area contributed by atoms with Crippen LogP contribution in [0.15, 0.2) is 42.5 Å². The molecule has 0 unspecified atom stereocenters. The van der Waals surface area contributed by atoms with Crippen LogP contribution >= 0.6 is 0 Å². The van der Waals surface area contributed by atoms with Crippen molar-refractivity contribution >= 4 is 17.5 Å². The first kappa shape index (κ1) is 16.5. The predicted molar refractivity (Wildman–Crippen MR) is 88.0 cm³/mol. The molecule has 6 nitrogen and oxygen atoms in total. The van der Waals surface area contributed by atoms with Gasteiger partial charge in [0.15, 0.2) is 0 Å². The van der Waals surface area contributed by atoms with E-state index < -0.39 is 11.0 Å². The van der Waals surface area contributed by atoms with Gasteiger partial charge >= 0.3 is 6.09 Å². The van der Waals surface area contributed by atoms with Crippen molar-refractivity contribution in [2.24, 2.45) is 0 Å². The molecule has 6 heteroatoms. The van der Waals surface area contributed by atoms with Crippen LogP contribution < -0.4 is 10.1 Å². The number of nitrogens with one attached hydrogen (secondary N) is 1. The molecule has 1 N–H and O–H groups in total. The molecule has 0 aliphatic rings. The van der Waals surface area contributed by atoms with Crippen molar-refractivity contribution < 1.29 is 14.5 Å². The van der Waals surface area contributed by atoms with Crippen LogP contribution in [0.3, 0.4) is 0 Å². The molecular weight excluding hydrogens is 296 g/mol. The van der Waals surface area contributed by atoms with Gasteiger partial charge in [0, 0.05) is 6.07 Å². The maximum absolute atomic E-state index is 12.1. The van der Waals surface area contributed by atoms with Gasteiger partial charge in [-0.15, -0.1) is 0 Å². The van der Waals surface area contributed by atoms with Crippen LogP contribution in [0.2, 0.25) is 0 Å². The van der Waals surface area contributed by atoms with Crippen molar-refractivity contribution in [3.8, 4) is 5.75 Å². The summed E-state index contributed by atoms with van der Waals surface area (Å²) in [6.07, 6.45) is -0.758. The molecule has 23 heavy (non-hydrogen) atoms. The van der Waals surface area contributed by atoms with Crippen LogP contribution in [0.1, 0.15) is 30.9 Å². The molecule has 0 heterocycles. The van der Waals surface area contributed by atoms with E-state index in [0.717, 1.165) is 11.1 Å². The summed E-state index contributed by atoms with van der Waals surface area (Å²) >= 11 is 0. The Morgan fingerprint density at radius 3 is 2.57 bits per heavy atom. The summed E-state index contributed by atoms with van der Waals surface area (Å²) in [7, 11) is 0. The lowest BCUT2D eigenvalue weighted by atomic mass is 10.0. The van der Waals surface area contributed by atoms with Gasteiger partial charge in [0.25, 0.3) is 5.69 Å². The molecule has 0 aliphatic heterocycles. The number of rotatable bonds is 4. The third-order valence-electron chi connectivity index (χ3n) is 3.33. The van der Waals surface area contributed by atoms with Crippen molar-refractivity contribution in [3.63, 3.8) is 0 Å². The summed E-state index contributed by atoms with van der Waals surface area (Å²) in [6, 6.07) is 11.5. The molecule has 0 saturated carbocycles. The van der Waals surface area contributed by atoms with Crippen molar-refractivity contribution in [2.75, 3.05) is 5.32 Å². The van der Waals surface area contributed by atoms with E-state index in [-0.39, 0.29) is 17.3 Å². The average Bonchev–Trinajstić information content (AvgIpc) is 2.47. The summed E-state index contributed by atoms with van der Waals surface area (Å²) in [5.41, 5.74) is 1.77. The van der Waals surface area contributed by atoms with Gasteiger partial charge in [-0.1, -0.05) is 38.1 Å². The number of anilines is 1. The van der Waals surface area contributed by atoms with Crippen LogP contribution in [-0.4, -0.2) is 11.0 Å². The maximum atomic E-state index is 12.1. The third kappa shape index (κ3) is 4.06. The molecule has 1 amide bonds. The molecule has 2 aromatic carbocycles. The number of ether oxygens (including phenoxy) is 1. The predicted octanol–water partition coefficient (Wildman–Crippen LogP) is 4.64. The lowest BCUT2D eigenvalue weighted by Gasteiger charge is -2.14. The zero-order valence-corrected chi connectivity index (χ0v) is 13.2. The SMILES string of the molecule is Cc1ccc(C(C)C)c(OC(=O)Nc2ccccc2[N+](=O)[O-])c1. The highest BCUT2D eigenvalue weighted by molar-refractivity contribution is 5.89. The average molecular weight is 314 g/mol. The van der Waals surface area contributed by atoms with Crippen molar-refractivity contribution in [1.82, 2.24) is 0 Å². The Labute approximate surface area is 134 Å². The van der Waals surface area contributed by atoms with Crippen LogP contribution in [-0.2, 0) is 0 Å². The standard InChI is InChI=1S/C17H18N2O4/c1-11(2)13-9-8-12(3)10-16(13)23-17(20)18-14-6-4-5-7-15(14)19(21)22/h4-11H,1-3H3,(H,18,20). The normalized spacial score (nSPS) is 10.4. The molecule has 2 rings (SSSR count). The number of aryl methyl sites for hydroxylation is 1. The summed E-state index contributed by atoms with van der Waals surface area (Å²) in [5.74, 6) is 0.639. The number of nitro groups is 1. The smallest absolute Gasteiger partial charge is 0.410 e. The third-order valence-corrected chi connectivity index (χ3v) is 3.33. The number of carbonyl (C=O) groups excluding carboxylic acids is 1. The molecule has 120 valence electrons. The molecule has 0 aromatic heterocycles. The molecule has 0 saturated heterocycles. The van der Waals surface area contributed by atoms with Crippen LogP contribution in [0, 0.1) is 17.0 Å². The Morgan fingerprint density at radius 1 is 1.22 bits per heavy atom. The van der Waals surface area contributed by atoms with Crippen molar-refractivity contribution in [3.05, 3.63) is 63.7 Å². The topological polar surface area (TPSA) is 81.5 Å². The molecule has 0 atom stereocenters. The van der Waals surface area contributed by atoms with Gasteiger partial charge in [-0.3, -0.25) is 15.4 Å². The van der Waals surface area contributed by atoms with E-state index in [1.807, 2.05) is 32.9 Å². The minimum absolute atomic E-state index is 0.0984. The molecule has 0 radical (unpaired) electrons. The first-order valence-corrected chi connectivity index (χ1v) is 7.21. The van der Waals surface area contributed by atoms with E-state index in [4.69, 9.17) is 4.74 Å². The van der Waals surface area contributed by atoms with Gasteiger partial charge in [0.1, 0.15) is 11.4 Å². The first-order valence-electron chi connectivity index (χ1n) is 7.21. The summed E-state index contributed by atoms with van der Waals surface area (Å²) in [4.78, 5) is 22.5. The molecule has 0 bridgehead atoms. The Bertz CT molecular complexity index is 741. The van der Waals surface area contributed by atoms with Crippen molar-refractivity contribution in [1.29, 1.82) is 0 Å². The lowest BCUT2D eigenvalue weighted by Crippen LogP contribution is -2.18. The minimum Gasteiger partial charge on any atom is -0.410 e. The van der Waals surface area contributed by atoms with E-state index in [1.165, 1.54) is 18.2 Å². The minimum atomic E-state index is -0.758. The summed E-state index contributed by atoms with van der Waals surface area (Å²) in [6.45, 7) is 5.89. The number of benzene rings is 2. The number of para-hydroxylation sites is 2. The highest BCUT2D eigenvalue weighted by Gasteiger charge is 2.17. The van der Waals surface area contributed by atoms with E-state index in [9.17, 15) is 14.9 Å². The zero-order chi connectivity index (χ0) is 17.0. The Kier molecular flexibility index (Phi) is 4.95. The second-order valence-electron chi connectivity index (χ2n) is 5.48. The highest BCUT2D eigenvalue weighted by Crippen LogP contribution is 2.28. The number of hydrogen-bond donors (Lipinski definition) is 1. The monoisotopic (exact) mass is 314 g/mol. The first-order chi connectivity index (χ1) is 10.9. The molecular formula is C17H18N2O4. The molecule has 0 spiro atoms. The zero-order valence-electron chi connectivity index (χ0n) is 13.2.